The van der Waals surface area contributed by atoms with Gasteiger partial charge in [0.1, 0.15) is 5.75 Å². The molecule has 33 heavy (non-hydrogen) atoms. The number of ether oxygens (including phenoxy) is 1. The van der Waals surface area contributed by atoms with Gasteiger partial charge in [0, 0.05) is 22.4 Å². The van der Waals surface area contributed by atoms with Crippen LogP contribution in [0, 0.1) is 11.8 Å². The van der Waals surface area contributed by atoms with Gasteiger partial charge in [0.05, 0.1) is 24.7 Å². The Morgan fingerprint density at radius 2 is 1.39 bits per heavy atom. The van der Waals surface area contributed by atoms with Crippen LogP contribution in [-0.4, -0.2) is 29.6 Å². The van der Waals surface area contributed by atoms with Crippen molar-refractivity contribution in [2.75, 3.05) is 6.61 Å². The third-order valence-corrected chi connectivity index (χ3v) is 7.24. The zero-order valence-electron chi connectivity index (χ0n) is 17.9. The standard InChI is InChI=1S/C27H21ClN2O3/c1-2-33-21-12-11-16(28)13-15(21)14-29-30-26(31)24-22-17-7-3-4-8-18(17)23(25(24)27(30)32)20-10-6-5-9-19(20)22/h3-14,22-25H,2H2,1H3/b29-14-/t22?,23?,24-,25-/m1/s1. The largest absolute Gasteiger partial charge is 0.493 e. The number of hydrogen-bond acceptors (Lipinski definition) is 4. The minimum Gasteiger partial charge on any atom is -0.493 e. The zero-order valence-corrected chi connectivity index (χ0v) is 18.7. The van der Waals surface area contributed by atoms with E-state index in [2.05, 4.69) is 29.4 Å². The first-order valence-corrected chi connectivity index (χ1v) is 11.5. The summed E-state index contributed by atoms with van der Waals surface area (Å²) in [6, 6.07) is 21.6. The fourth-order valence-corrected chi connectivity index (χ4v) is 5.98. The number of halogens is 1. The molecule has 1 aliphatic heterocycles. The number of imide groups is 1. The Morgan fingerprint density at radius 3 is 1.88 bits per heavy atom. The van der Waals surface area contributed by atoms with Crippen molar-refractivity contribution in [3.05, 3.63) is 99.6 Å². The van der Waals surface area contributed by atoms with Crippen molar-refractivity contribution >= 4 is 29.6 Å². The Hall–Kier alpha value is -3.44. The van der Waals surface area contributed by atoms with Crippen molar-refractivity contribution in [2.24, 2.45) is 16.9 Å². The van der Waals surface area contributed by atoms with E-state index in [1.165, 1.54) is 6.21 Å². The average molecular weight is 457 g/mol. The number of amides is 2. The first-order valence-electron chi connectivity index (χ1n) is 11.1. The van der Waals surface area contributed by atoms with Crippen LogP contribution in [-0.2, 0) is 9.59 Å². The van der Waals surface area contributed by atoms with Gasteiger partial charge in [0.25, 0.3) is 11.8 Å². The highest BCUT2D eigenvalue weighted by molar-refractivity contribution is 6.31. The molecule has 0 saturated carbocycles. The van der Waals surface area contributed by atoms with E-state index in [0.29, 0.717) is 22.9 Å². The van der Waals surface area contributed by atoms with Gasteiger partial charge in [-0.3, -0.25) is 9.59 Å². The SMILES string of the molecule is CCOc1ccc(Cl)cc1/C=N\N1C(=O)[C@@H]2C3c4ccccc4C(c4ccccc43)[C@H]2C1=O. The van der Waals surface area contributed by atoms with Crippen LogP contribution >= 0.6 is 11.6 Å². The zero-order chi connectivity index (χ0) is 22.7. The van der Waals surface area contributed by atoms with E-state index in [-0.39, 0.29) is 23.7 Å². The maximum Gasteiger partial charge on any atom is 0.254 e. The molecule has 0 unspecified atom stereocenters. The molecule has 0 N–H and O–H groups in total. The summed E-state index contributed by atoms with van der Waals surface area (Å²) < 4.78 is 5.65. The van der Waals surface area contributed by atoms with E-state index in [1.54, 1.807) is 18.2 Å². The molecule has 3 aromatic carbocycles. The Bertz CT molecular complexity index is 1220. The van der Waals surface area contributed by atoms with Crippen molar-refractivity contribution in [2.45, 2.75) is 18.8 Å². The number of carbonyl (C=O) groups is 2. The lowest BCUT2D eigenvalue weighted by atomic mass is 9.55. The molecule has 0 spiro atoms. The molecule has 164 valence electrons. The lowest BCUT2D eigenvalue weighted by molar-refractivity contribution is -0.139. The second-order valence-electron chi connectivity index (χ2n) is 8.61. The Morgan fingerprint density at radius 1 is 0.879 bits per heavy atom. The molecule has 0 aromatic heterocycles. The van der Waals surface area contributed by atoms with Gasteiger partial charge in [-0.2, -0.15) is 10.1 Å². The van der Waals surface area contributed by atoms with Crippen molar-refractivity contribution in [1.29, 1.82) is 0 Å². The van der Waals surface area contributed by atoms with E-state index in [4.69, 9.17) is 16.3 Å². The maximum atomic E-state index is 13.6. The van der Waals surface area contributed by atoms with Crippen LogP contribution in [0.25, 0.3) is 0 Å². The lowest BCUT2D eigenvalue weighted by Gasteiger charge is -2.45. The monoisotopic (exact) mass is 456 g/mol. The van der Waals surface area contributed by atoms with E-state index in [9.17, 15) is 9.59 Å². The number of carbonyl (C=O) groups excluding carboxylic acids is 2. The summed E-state index contributed by atoms with van der Waals surface area (Å²) in [6.07, 6.45) is 1.49. The third kappa shape index (κ3) is 2.89. The van der Waals surface area contributed by atoms with Crippen LogP contribution in [0.4, 0.5) is 0 Å². The summed E-state index contributed by atoms with van der Waals surface area (Å²) in [5.74, 6) is -1.09. The average Bonchev–Trinajstić information content (AvgIpc) is 3.09. The smallest absolute Gasteiger partial charge is 0.254 e. The number of hydrogen-bond donors (Lipinski definition) is 0. The highest BCUT2D eigenvalue weighted by Gasteiger charge is 2.61. The fourth-order valence-electron chi connectivity index (χ4n) is 5.80. The molecule has 2 atom stereocenters. The molecule has 4 aliphatic rings. The molecule has 1 saturated heterocycles. The molecular formula is C27H21ClN2O3. The predicted molar refractivity (Wildman–Crippen MR) is 126 cm³/mol. The van der Waals surface area contributed by atoms with E-state index >= 15 is 0 Å². The maximum absolute atomic E-state index is 13.6. The van der Waals surface area contributed by atoms with Crippen molar-refractivity contribution in [3.63, 3.8) is 0 Å². The van der Waals surface area contributed by atoms with Crippen molar-refractivity contribution in [1.82, 2.24) is 5.01 Å². The molecule has 0 radical (unpaired) electrons. The van der Waals surface area contributed by atoms with Gasteiger partial charge < -0.3 is 4.74 Å². The molecule has 2 bridgehead atoms. The summed E-state index contributed by atoms with van der Waals surface area (Å²) in [5.41, 5.74) is 5.19. The van der Waals surface area contributed by atoms with Gasteiger partial charge in [-0.1, -0.05) is 60.1 Å². The first-order chi connectivity index (χ1) is 16.1. The van der Waals surface area contributed by atoms with E-state index in [1.807, 2.05) is 31.2 Å². The summed E-state index contributed by atoms with van der Waals surface area (Å²) in [7, 11) is 0. The second-order valence-corrected chi connectivity index (χ2v) is 9.05. The molecular weight excluding hydrogens is 436 g/mol. The van der Waals surface area contributed by atoms with Crippen molar-refractivity contribution in [3.8, 4) is 5.75 Å². The lowest BCUT2D eigenvalue weighted by Crippen LogP contribution is -2.41. The Balaban J connectivity index is 1.42. The second kappa shape index (κ2) is 7.56. The minimum atomic E-state index is -0.449. The van der Waals surface area contributed by atoms with Gasteiger partial charge in [-0.15, -0.1) is 0 Å². The van der Waals surface area contributed by atoms with Gasteiger partial charge in [-0.25, -0.2) is 0 Å². The molecule has 1 fully saturated rings. The number of nitrogens with zero attached hydrogens (tertiary/aromatic N) is 2. The highest BCUT2D eigenvalue weighted by Crippen LogP contribution is 2.60. The normalized spacial score (nSPS) is 24.7. The molecule has 1 heterocycles. The number of hydrazone groups is 1. The number of benzene rings is 3. The summed E-state index contributed by atoms with van der Waals surface area (Å²) in [5, 5.41) is 5.94. The molecule has 3 aliphatic carbocycles. The van der Waals surface area contributed by atoms with Crippen LogP contribution in [0.5, 0.6) is 5.75 Å². The number of rotatable bonds is 4. The molecule has 7 rings (SSSR count). The van der Waals surface area contributed by atoms with Crippen LogP contribution < -0.4 is 4.74 Å². The first kappa shape index (κ1) is 20.2. The van der Waals surface area contributed by atoms with Gasteiger partial charge >= 0.3 is 0 Å². The van der Waals surface area contributed by atoms with E-state index < -0.39 is 11.8 Å². The van der Waals surface area contributed by atoms with Gasteiger partial charge in [0.15, 0.2) is 0 Å². The van der Waals surface area contributed by atoms with Crippen LogP contribution in [0.2, 0.25) is 5.02 Å². The van der Waals surface area contributed by atoms with Crippen LogP contribution in [0.1, 0.15) is 46.6 Å². The predicted octanol–water partition coefficient (Wildman–Crippen LogP) is 4.96. The third-order valence-electron chi connectivity index (χ3n) is 7.01. The van der Waals surface area contributed by atoms with Gasteiger partial charge in [-0.05, 0) is 47.4 Å². The fraction of sp³-hybridized carbons (Fsp3) is 0.222. The molecule has 5 nitrogen and oxygen atoms in total. The minimum absolute atomic E-state index is 0.144. The van der Waals surface area contributed by atoms with Crippen LogP contribution in [0.3, 0.4) is 0 Å². The molecule has 3 aromatic rings. The summed E-state index contributed by atoms with van der Waals surface area (Å²) >= 11 is 6.15. The molecule has 2 amide bonds. The van der Waals surface area contributed by atoms with Crippen LogP contribution in [0.15, 0.2) is 71.8 Å². The van der Waals surface area contributed by atoms with Gasteiger partial charge in [0.2, 0.25) is 0 Å². The van der Waals surface area contributed by atoms with Crippen molar-refractivity contribution < 1.29 is 14.3 Å². The highest BCUT2D eigenvalue weighted by atomic mass is 35.5. The van der Waals surface area contributed by atoms with E-state index in [0.717, 1.165) is 27.3 Å². The topological polar surface area (TPSA) is 59.0 Å². The Labute approximate surface area is 196 Å². The summed E-state index contributed by atoms with van der Waals surface area (Å²) in [4.78, 5) is 27.2. The quantitative estimate of drug-likeness (QED) is 0.411. The molecule has 6 heteroatoms. The Kier molecular flexibility index (Phi) is 4.63. The summed E-state index contributed by atoms with van der Waals surface area (Å²) in [6.45, 7) is 2.37.